The topological polar surface area (TPSA) is 69.7 Å². The first kappa shape index (κ1) is 18.9. The Morgan fingerprint density at radius 3 is 2.48 bits per heavy atom. The number of rotatable bonds is 5. The van der Waals surface area contributed by atoms with Crippen LogP contribution in [0.25, 0.3) is 0 Å². The van der Waals surface area contributed by atoms with Crippen molar-refractivity contribution in [2.45, 2.75) is 13.5 Å². The lowest BCUT2D eigenvalue weighted by Gasteiger charge is -2.33. The second-order valence-electron chi connectivity index (χ2n) is 6.47. The standard InChI is InChI=1S/C20H20ClN3O3/c1-14-5-4-6-15(11-14)12-23-9-10-24(20(27)19(23)26)13-18(25)22-17-8-3-2-7-16(17)21/h2-8,11H,9-10,12-13H2,1H3,(H,22,25). The summed E-state index contributed by atoms with van der Waals surface area (Å²) in [5.74, 6) is -1.65. The molecule has 0 spiro atoms. The minimum Gasteiger partial charge on any atom is -0.328 e. The second-order valence-corrected chi connectivity index (χ2v) is 6.88. The molecule has 1 heterocycles. The zero-order chi connectivity index (χ0) is 19.4. The van der Waals surface area contributed by atoms with Crippen LogP contribution < -0.4 is 5.32 Å². The average Bonchev–Trinajstić information content (AvgIpc) is 2.63. The van der Waals surface area contributed by atoms with Crippen molar-refractivity contribution in [3.63, 3.8) is 0 Å². The molecule has 7 heteroatoms. The largest absolute Gasteiger partial charge is 0.328 e. The number of piperazine rings is 1. The normalized spacial score (nSPS) is 14.4. The Hall–Kier alpha value is -2.86. The summed E-state index contributed by atoms with van der Waals surface area (Å²) in [6, 6.07) is 14.7. The maximum Gasteiger partial charge on any atom is 0.312 e. The monoisotopic (exact) mass is 385 g/mol. The van der Waals surface area contributed by atoms with Crippen molar-refractivity contribution < 1.29 is 14.4 Å². The van der Waals surface area contributed by atoms with Gasteiger partial charge >= 0.3 is 11.8 Å². The Morgan fingerprint density at radius 2 is 1.74 bits per heavy atom. The van der Waals surface area contributed by atoms with Crippen LogP contribution in [0, 0.1) is 6.92 Å². The number of carbonyl (C=O) groups is 3. The predicted octanol–water partition coefficient (Wildman–Crippen LogP) is 2.46. The molecule has 1 aliphatic rings. The summed E-state index contributed by atoms with van der Waals surface area (Å²) < 4.78 is 0. The van der Waals surface area contributed by atoms with Crippen molar-refractivity contribution in [3.05, 3.63) is 64.7 Å². The SMILES string of the molecule is Cc1cccc(CN2CCN(CC(=O)Nc3ccccc3Cl)C(=O)C2=O)c1. The van der Waals surface area contributed by atoms with Crippen LogP contribution in [0.2, 0.25) is 5.02 Å². The maximum absolute atomic E-state index is 12.4. The van der Waals surface area contributed by atoms with Gasteiger partial charge in [-0.25, -0.2) is 0 Å². The quantitative estimate of drug-likeness (QED) is 0.804. The fraction of sp³-hybridized carbons (Fsp3) is 0.250. The molecule has 1 aliphatic heterocycles. The van der Waals surface area contributed by atoms with E-state index in [9.17, 15) is 14.4 Å². The molecule has 0 bridgehead atoms. The van der Waals surface area contributed by atoms with Crippen molar-refractivity contribution >= 4 is 35.0 Å². The van der Waals surface area contributed by atoms with Gasteiger partial charge in [0.1, 0.15) is 6.54 Å². The fourth-order valence-electron chi connectivity index (χ4n) is 2.97. The number of amides is 3. The lowest BCUT2D eigenvalue weighted by molar-refractivity contribution is -0.157. The van der Waals surface area contributed by atoms with E-state index in [1.165, 1.54) is 9.80 Å². The van der Waals surface area contributed by atoms with Crippen LogP contribution in [0.4, 0.5) is 5.69 Å². The van der Waals surface area contributed by atoms with Crippen LogP contribution in [-0.2, 0) is 20.9 Å². The van der Waals surface area contributed by atoms with E-state index in [-0.39, 0.29) is 6.54 Å². The number of benzene rings is 2. The molecular formula is C20H20ClN3O3. The zero-order valence-electron chi connectivity index (χ0n) is 14.9. The third kappa shape index (κ3) is 4.65. The van der Waals surface area contributed by atoms with E-state index in [0.29, 0.717) is 30.3 Å². The minimum atomic E-state index is -0.664. The van der Waals surface area contributed by atoms with Gasteiger partial charge in [-0.2, -0.15) is 0 Å². The first-order chi connectivity index (χ1) is 12.9. The molecule has 3 rings (SSSR count). The molecule has 1 fully saturated rings. The molecule has 140 valence electrons. The highest BCUT2D eigenvalue weighted by Crippen LogP contribution is 2.20. The van der Waals surface area contributed by atoms with Crippen LogP contribution in [-0.4, -0.2) is 47.2 Å². The highest BCUT2D eigenvalue weighted by molar-refractivity contribution is 6.36. The summed E-state index contributed by atoms with van der Waals surface area (Å²) in [6.45, 7) is 2.87. The molecule has 0 aromatic heterocycles. The zero-order valence-corrected chi connectivity index (χ0v) is 15.7. The van der Waals surface area contributed by atoms with Gasteiger partial charge in [0.15, 0.2) is 0 Å². The molecule has 0 atom stereocenters. The van der Waals surface area contributed by atoms with Crippen LogP contribution in [0.1, 0.15) is 11.1 Å². The Morgan fingerprint density at radius 1 is 1.04 bits per heavy atom. The van der Waals surface area contributed by atoms with E-state index < -0.39 is 17.7 Å². The molecule has 1 saturated heterocycles. The first-order valence-corrected chi connectivity index (χ1v) is 9.00. The third-order valence-corrected chi connectivity index (χ3v) is 4.67. The van der Waals surface area contributed by atoms with E-state index in [1.54, 1.807) is 24.3 Å². The third-order valence-electron chi connectivity index (χ3n) is 4.34. The van der Waals surface area contributed by atoms with Crippen LogP contribution in [0.5, 0.6) is 0 Å². The van der Waals surface area contributed by atoms with Gasteiger partial charge in [0, 0.05) is 19.6 Å². The average molecular weight is 386 g/mol. The number of hydrogen-bond acceptors (Lipinski definition) is 3. The molecule has 3 amide bonds. The molecular weight excluding hydrogens is 366 g/mol. The van der Waals surface area contributed by atoms with E-state index in [4.69, 9.17) is 11.6 Å². The van der Waals surface area contributed by atoms with E-state index >= 15 is 0 Å². The molecule has 0 saturated carbocycles. The van der Waals surface area contributed by atoms with Gasteiger partial charge < -0.3 is 15.1 Å². The van der Waals surface area contributed by atoms with Gasteiger partial charge in [0.2, 0.25) is 5.91 Å². The number of halogens is 1. The Kier molecular flexibility index (Phi) is 5.76. The van der Waals surface area contributed by atoms with Crippen molar-refractivity contribution in [1.82, 2.24) is 9.80 Å². The molecule has 0 unspecified atom stereocenters. The lowest BCUT2D eigenvalue weighted by atomic mass is 10.1. The highest BCUT2D eigenvalue weighted by atomic mass is 35.5. The smallest absolute Gasteiger partial charge is 0.312 e. The van der Waals surface area contributed by atoms with Gasteiger partial charge in [0.25, 0.3) is 0 Å². The number of carbonyl (C=O) groups excluding carboxylic acids is 3. The first-order valence-electron chi connectivity index (χ1n) is 8.62. The van der Waals surface area contributed by atoms with Crippen LogP contribution >= 0.6 is 11.6 Å². The number of hydrogen-bond donors (Lipinski definition) is 1. The summed E-state index contributed by atoms with van der Waals surface area (Å²) in [7, 11) is 0. The number of anilines is 1. The number of nitrogens with one attached hydrogen (secondary N) is 1. The van der Waals surface area contributed by atoms with Gasteiger partial charge in [-0.05, 0) is 24.6 Å². The Labute approximate surface area is 162 Å². The molecule has 2 aromatic carbocycles. The van der Waals surface area contributed by atoms with Crippen LogP contribution in [0.15, 0.2) is 48.5 Å². The molecule has 2 aromatic rings. The van der Waals surface area contributed by atoms with Crippen LogP contribution in [0.3, 0.4) is 0 Å². The van der Waals surface area contributed by atoms with Gasteiger partial charge in [-0.3, -0.25) is 14.4 Å². The molecule has 27 heavy (non-hydrogen) atoms. The van der Waals surface area contributed by atoms with Crippen molar-refractivity contribution in [2.24, 2.45) is 0 Å². The molecule has 6 nitrogen and oxygen atoms in total. The van der Waals surface area contributed by atoms with E-state index in [2.05, 4.69) is 5.32 Å². The predicted molar refractivity (Wildman–Crippen MR) is 103 cm³/mol. The van der Waals surface area contributed by atoms with Gasteiger partial charge in [-0.1, -0.05) is 53.6 Å². The molecule has 1 N–H and O–H groups in total. The second kappa shape index (κ2) is 8.22. The Bertz CT molecular complexity index is 884. The molecule has 0 radical (unpaired) electrons. The highest BCUT2D eigenvalue weighted by Gasteiger charge is 2.33. The summed E-state index contributed by atoms with van der Waals surface area (Å²) >= 11 is 6.01. The van der Waals surface area contributed by atoms with Crippen molar-refractivity contribution in [1.29, 1.82) is 0 Å². The van der Waals surface area contributed by atoms with Gasteiger partial charge in [-0.15, -0.1) is 0 Å². The summed E-state index contributed by atoms with van der Waals surface area (Å²) in [4.78, 5) is 39.8. The summed E-state index contributed by atoms with van der Waals surface area (Å²) in [5, 5.41) is 3.07. The summed E-state index contributed by atoms with van der Waals surface area (Å²) in [6.07, 6.45) is 0. The number of aryl methyl sites for hydroxylation is 1. The van der Waals surface area contributed by atoms with E-state index in [0.717, 1.165) is 11.1 Å². The number of para-hydroxylation sites is 1. The number of nitrogens with zero attached hydrogens (tertiary/aromatic N) is 2. The van der Waals surface area contributed by atoms with E-state index in [1.807, 2.05) is 31.2 Å². The molecule has 0 aliphatic carbocycles. The fourth-order valence-corrected chi connectivity index (χ4v) is 3.16. The minimum absolute atomic E-state index is 0.186. The summed E-state index contributed by atoms with van der Waals surface area (Å²) in [5.41, 5.74) is 2.54. The maximum atomic E-state index is 12.4. The Balaban J connectivity index is 1.58. The lowest BCUT2D eigenvalue weighted by Crippen LogP contribution is -2.55. The van der Waals surface area contributed by atoms with Crippen molar-refractivity contribution in [2.75, 3.05) is 25.0 Å². The van der Waals surface area contributed by atoms with Gasteiger partial charge in [0.05, 0.1) is 10.7 Å². The van der Waals surface area contributed by atoms with Crippen molar-refractivity contribution in [3.8, 4) is 0 Å².